The van der Waals surface area contributed by atoms with Crippen LogP contribution in [-0.4, -0.2) is 28.1 Å². The molecule has 5 rings (SSSR count). The van der Waals surface area contributed by atoms with Crippen molar-refractivity contribution >= 4 is 63.2 Å². The van der Waals surface area contributed by atoms with E-state index in [-0.39, 0.29) is 46.7 Å². The molecular formula is C18H14I2N2O3. The minimum atomic E-state index is -0.220. The Balaban J connectivity index is 1.44. The highest BCUT2D eigenvalue weighted by Gasteiger charge is 2.73. The molecule has 5 nitrogen and oxygen atoms in total. The van der Waals surface area contributed by atoms with Gasteiger partial charge in [0, 0.05) is 0 Å². The van der Waals surface area contributed by atoms with Gasteiger partial charge in [-0.05, 0) is 93.0 Å². The number of imide groups is 1. The van der Waals surface area contributed by atoms with E-state index >= 15 is 0 Å². The first-order chi connectivity index (χ1) is 11.9. The number of carbonyl (C=O) groups excluding carboxylic acids is 2. The van der Waals surface area contributed by atoms with Gasteiger partial charge in [0.05, 0.1) is 25.2 Å². The summed E-state index contributed by atoms with van der Waals surface area (Å²) in [6.45, 7) is 0. The summed E-state index contributed by atoms with van der Waals surface area (Å²) in [5.41, 5.74) is 0.962. The Morgan fingerprint density at radius 2 is 1.60 bits per heavy atom. The number of halogens is 2. The highest BCUT2D eigenvalue weighted by Crippen LogP contribution is 2.73. The van der Waals surface area contributed by atoms with Crippen LogP contribution in [0.2, 0.25) is 0 Å². The Morgan fingerprint density at radius 1 is 1.08 bits per heavy atom. The zero-order valence-electron chi connectivity index (χ0n) is 13.0. The van der Waals surface area contributed by atoms with Crippen LogP contribution < -0.4 is 0 Å². The van der Waals surface area contributed by atoms with Crippen LogP contribution in [0.4, 0.5) is 0 Å². The number of hydrogen-bond acceptors (Lipinski definition) is 4. The van der Waals surface area contributed by atoms with E-state index in [1.807, 2.05) is 45.2 Å². The Hall–Kier alpha value is -0.970. The molecule has 0 unspecified atom stereocenters. The zero-order chi connectivity index (χ0) is 17.5. The van der Waals surface area contributed by atoms with E-state index in [1.54, 1.807) is 12.1 Å². The van der Waals surface area contributed by atoms with Crippen molar-refractivity contribution in [2.75, 3.05) is 0 Å². The smallest absolute Gasteiger partial charge is 0.254 e. The molecule has 1 N–H and O–H groups in total. The summed E-state index contributed by atoms with van der Waals surface area (Å²) in [6, 6.07) is 3.55. The van der Waals surface area contributed by atoms with Crippen molar-refractivity contribution < 1.29 is 14.7 Å². The fourth-order valence-corrected chi connectivity index (χ4v) is 6.78. The topological polar surface area (TPSA) is 70.0 Å². The van der Waals surface area contributed by atoms with Gasteiger partial charge in [0.1, 0.15) is 5.75 Å². The molecule has 3 aliphatic carbocycles. The molecule has 3 fully saturated rings. The maximum atomic E-state index is 12.8. The molecule has 1 aromatic rings. The molecule has 4 aliphatic rings. The van der Waals surface area contributed by atoms with Gasteiger partial charge >= 0.3 is 0 Å². The van der Waals surface area contributed by atoms with Crippen LogP contribution >= 0.6 is 45.2 Å². The molecule has 25 heavy (non-hydrogen) atoms. The number of fused-ring (bicyclic) bond motifs is 3. The van der Waals surface area contributed by atoms with Crippen molar-refractivity contribution in [1.29, 1.82) is 0 Å². The van der Waals surface area contributed by atoms with Crippen molar-refractivity contribution in [3.63, 3.8) is 0 Å². The van der Waals surface area contributed by atoms with Crippen LogP contribution in [-0.2, 0) is 9.59 Å². The molecular weight excluding hydrogens is 546 g/mol. The summed E-state index contributed by atoms with van der Waals surface area (Å²) in [5.74, 6) is -0.0809. The summed E-state index contributed by atoms with van der Waals surface area (Å²) >= 11 is 4.09. The first-order valence-electron chi connectivity index (χ1n) is 8.22. The van der Waals surface area contributed by atoms with Gasteiger partial charge in [-0.25, -0.2) is 0 Å². The average molecular weight is 560 g/mol. The molecule has 0 aromatic heterocycles. The van der Waals surface area contributed by atoms with Gasteiger partial charge in [0.25, 0.3) is 11.8 Å². The van der Waals surface area contributed by atoms with E-state index in [0.29, 0.717) is 7.14 Å². The maximum absolute atomic E-state index is 12.8. The predicted octanol–water partition coefficient (Wildman–Crippen LogP) is 3.13. The lowest BCUT2D eigenvalue weighted by atomic mass is 9.85. The number of aromatic hydroxyl groups is 1. The number of benzene rings is 1. The number of allylic oxidation sites excluding steroid dienone is 2. The summed E-state index contributed by atoms with van der Waals surface area (Å²) in [7, 11) is 0. The largest absolute Gasteiger partial charge is 0.506 e. The second-order valence-electron chi connectivity index (χ2n) is 7.29. The lowest BCUT2D eigenvalue weighted by molar-refractivity contribution is -0.141. The van der Waals surface area contributed by atoms with E-state index in [9.17, 15) is 14.7 Å². The van der Waals surface area contributed by atoms with Crippen molar-refractivity contribution in [1.82, 2.24) is 5.01 Å². The summed E-state index contributed by atoms with van der Waals surface area (Å²) in [4.78, 5) is 25.7. The predicted molar refractivity (Wildman–Crippen MR) is 108 cm³/mol. The van der Waals surface area contributed by atoms with Crippen LogP contribution in [0.1, 0.15) is 18.4 Å². The van der Waals surface area contributed by atoms with Gasteiger partial charge in [-0.15, -0.1) is 0 Å². The number of phenolic OH excluding ortho intramolecular Hbond substituents is 1. The second-order valence-corrected chi connectivity index (χ2v) is 9.61. The van der Waals surface area contributed by atoms with Gasteiger partial charge in [-0.2, -0.15) is 10.1 Å². The van der Waals surface area contributed by atoms with Gasteiger partial charge in [-0.1, -0.05) is 12.2 Å². The lowest BCUT2D eigenvalue weighted by Gasteiger charge is -2.18. The van der Waals surface area contributed by atoms with Gasteiger partial charge < -0.3 is 5.11 Å². The Kier molecular flexibility index (Phi) is 3.42. The molecule has 2 saturated carbocycles. The first kappa shape index (κ1) is 16.2. The second kappa shape index (κ2) is 5.28. The van der Waals surface area contributed by atoms with Crippen LogP contribution in [0.25, 0.3) is 0 Å². The Labute approximate surface area is 171 Å². The zero-order valence-corrected chi connectivity index (χ0v) is 17.3. The third-order valence-electron chi connectivity index (χ3n) is 6.19. The highest BCUT2D eigenvalue weighted by molar-refractivity contribution is 14.1. The molecule has 1 heterocycles. The molecule has 1 aliphatic heterocycles. The number of rotatable bonds is 2. The van der Waals surface area contributed by atoms with Gasteiger partial charge in [0.2, 0.25) is 0 Å². The summed E-state index contributed by atoms with van der Waals surface area (Å²) in [6.07, 6.45) is 8.11. The van der Waals surface area contributed by atoms with E-state index < -0.39 is 0 Å². The van der Waals surface area contributed by atoms with Crippen LogP contribution in [0.3, 0.4) is 0 Å². The number of nitrogens with zero attached hydrogens (tertiary/aromatic N) is 2. The molecule has 2 amide bonds. The van der Waals surface area contributed by atoms with Crippen LogP contribution in [0.5, 0.6) is 5.75 Å². The van der Waals surface area contributed by atoms with E-state index in [4.69, 9.17) is 0 Å². The summed E-state index contributed by atoms with van der Waals surface area (Å²) in [5, 5.41) is 15.1. The molecule has 7 heteroatoms. The van der Waals surface area contributed by atoms with Gasteiger partial charge in [-0.3, -0.25) is 9.59 Å². The van der Waals surface area contributed by atoms with E-state index in [0.717, 1.165) is 23.4 Å². The van der Waals surface area contributed by atoms with Crippen molar-refractivity contribution in [2.24, 2.45) is 34.2 Å². The SMILES string of the molecule is O=C1[C@H]2[C@H](C(=O)N1/N=C\c1cc(I)c(O)c(I)c1)[C@H]1C=C[C@H]2C12CC2. The number of phenols is 1. The minimum Gasteiger partial charge on any atom is -0.506 e. The highest BCUT2D eigenvalue weighted by atomic mass is 127. The third-order valence-corrected chi connectivity index (χ3v) is 7.84. The molecule has 1 saturated heterocycles. The molecule has 0 radical (unpaired) electrons. The fraction of sp³-hybridized carbons (Fsp3) is 0.389. The average Bonchev–Trinajstić information content (AvgIpc) is 3.18. The lowest BCUT2D eigenvalue weighted by Crippen LogP contribution is -2.30. The molecule has 4 atom stereocenters. The van der Waals surface area contributed by atoms with Crippen LogP contribution in [0.15, 0.2) is 29.4 Å². The number of hydrogen-bond donors (Lipinski definition) is 1. The Bertz CT molecular complexity index is 833. The fourth-order valence-electron chi connectivity index (χ4n) is 4.96. The van der Waals surface area contributed by atoms with E-state index in [2.05, 4.69) is 17.3 Å². The molecule has 2 bridgehead atoms. The molecule has 1 spiro atoms. The summed E-state index contributed by atoms with van der Waals surface area (Å²) < 4.78 is 1.42. The normalized spacial score (nSPS) is 33.9. The monoisotopic (exact) mass is 560 g/mol. The number of amides is 2. The maximum Gasteiger partial charge on any atom is 0.254 e. The van der Waals surface area contributed by atoms with Crippen LogP contribution in [0, 0.1) is 36.2 Å². The van der Waals surface area contributed by atoms with Gasteiger partial charge in [0.15, 0.2) is 0 Å². The van der Waals surface area contributed by atoms with Crippen molar-refractivity contribution in [3.8, 4) is 5.75 Å². The first-order valence-corrected chi connectivity index (χ1v) is 10.4. The Morgan fingerprint density at radius 3 is 2.08 bits per heavy atom. The minimum absolute atomic E-state index is 0.155. The number of hydrazone groups is 1. The standard InChI is InChI=1S/C18H14I2N2O3/c19-11-5-8(6-12(20)15(11)23)7-21-22-16(24)13-9-1-2-10(14(13)17(22)25)18(9)3-4-18/h1-2,5-7,9-10,13-14,23H,3-4H2/b21-7-/t9-,10-,13-,14-/m1/s1. The van der Waals surface area contributed by atoms with Crippen molar-refractivity contribution in [2.45, 2.75) is 12.8 Å². The third kappa shape index (κ3) is 2.08. The number of carbonyl (C=O) groups is 2. The van der Waals surface area contributed by atoms with E-state index in [1.165, 1.54) is 6.21 Å². The molecule has 1 aromatic carbocycles. The van der Waals surface area contributed by atoms with Crippen molar-refractivity contribution in [3.05, 3.63) is 37.0 Å². The quantitative estimate of drug-likeness (QED) is 0.262. The molecule has 128 valence electrons.